The summed E-state index contributed by atoms with van der Waals surface area (Å²) in [6.45, 7) is 2.04. The average molecular weight is 206 g/mol. The maximum atomic E-state index is 10.8. The molecule has 0 atom stereocenters. The van der Waals surface area contributed by atoms with Crippen LogP contribution in [0.25, 0.3) is 0 Å². The van der Waals surface area contributed by atoms with Crippen LogP contribution in [-0.4, -0.2) is 29.0 Å². The molecule has 1 aromatic rings. The zero-order chi connectivity index (χ0) is 10.7. The molecule has 1 aliphatic rings. The van der Waals surface area contributed by atoms with Crippen molar-refractivity contribution < 1.29 is 4.79 Å². The third-order valence-corrected chi connectivity index (χ3v) is 2.57. The third-order valence-electron chi connectivity index (χ3n) is 2.57. The number of anilines is 1. The minimum atomic E-state index is -0.535. The number of rotatable bonds is 2. The van der Waals surface area contributed by atoms with Crippen LogP contribution in [0.4, 0.5) is 5.82 Å². The van der Waals surface area contributed by atoms with Gasteiger partial charge in [-0.25, -0.2) is 9.97 Å². The van der Waals surface area contributed by atoms with Crippen molar-refractivity contribution in [1.82, 2.24) is 9.97 Å². The Kier molecular flexibility index (Phi) is 2.80. The molecule has 80 valence electrons. The summed E-state index contributed by atoms with van der Waals surface area (Å²) in [5.41, 5.74) is 5.31. The van der Waals surface area contributed by atoms with E-state index in [1.54, 1.807) is 6.20 Å². The molecule has 15 heavy (non-hydrogen) atoms. The Morgan fingerprint density at radius 1 is 1.20 bits per heavy atom. The standard InChI is InChI=1S/C10H14N4O/c11-10(15)8-6-13-9(7-12-8)14-4-2-1-3-5-14/h6-7H,1-5H2,(H2,11,15). The van der Waals surface area contributed by atoms with E-state index in [2.05, 4.69) is 14.9 Å². The Morgan fingerprint density at radius 3 is 2.47 bits per heavy atom. The second-order valence-electron chi connectivity index (χ2n) is 3.67. The van der Waals surface area contributed by atoms with Gasteiger partial charge in [-0.2, -0.15) is 0 Å². The Labute approximate surface area is 88.3 Å². The Bertz CT molecular complexity index is 343. The minimum Gasteiger partial charge on any atom is -0.364 e. The molecule has 0 aromatic carbocycles. The van der Waals surface area contributed by atoms with Crippen molar-refractivity contribution in [2.45, 2.75) is 19.3 Å². The maximum Gasteiger partial charge on any atom is 0.268 e. The van der Waals surface area contributed by atoms with E-state index in [4.69, 9.17) is 5.73 Å². The number of piperidine rings is 1. The number of hydrogen-bond donors (Lipinski definition) is 1. The fourth-order valence-electron chi connectivity index (χ4n) is 1.73. The molecule has 0 saturated carbocycles. The Hall–Kier alpha value is -1.65. The first kappa shape index (κ1) is 9.89. The van der Waals surface area contributed by atoms with Crippen LogP contribution in [0.2, 0.25) is 0 Å². The van der Waals surface area contributed by atoms with Crippen LogP contribution in [0.15, 0.2) is 12.4 Å². The van der Waals surface area contributed by atoms with E-state index in [0.29, 0.717) is 0 Å². The molecule has 2 heterocycles. The summed E-state index contributed by atoms with van der Waals surface area (Å²) >= 11 is 0. The predicted molar refractivity (Wildman–Crippen MR) is 56.6 cm³/mol. The summed E-state index contributed by atoms with van der Waals surface area (Å²) in [4.78, 5) is 21.1. The van der Waals surface area contributed by atoms with Crippen LogP contribution < -0.4 is 10.6 Å². The number of nitrogens with zero attached hydrogens (tertiary/aromatic N) is 3. The van der Waals surface area contributed by atoms with Gasteiger partial charge in [0.15, 0.2) is 0 Å². The quantitative estimate of drug-likeness (QED) is 0.767. The van der Waals surface area contributed by atoms with Crippen LogP contribution in [0.5, 0.6) is 0 Å². The highest BCUT2D eigenvalue weighted by molar-refractivity contribution is 5.90. The van der Waals surface area contributed by atoms with E-state index in [0.717, 1.165) is 18.9 Å². The number of amides is 1. The molecule has 0 bridgehead atoms. The van der Waals surface area contributed by atoms with Gasteiger partial charge in [0.25, 0.3) is 5.91 Å². The average Bonchev–Trinajstić information content (AvgIpc) is 2.30. The SMILES string of the molecule is NC(=O)c1cnc(N2CCCCC2)cn1. The van der Waals surface area contributed by atoms with Gasteiger partial charge in [-0.3, -0.25) is 4.79 Å². The fraction of sp³-hybridized carbons (Fsp3) is 0.500. The number of carbonyl (C=O) groups is 1. The molecule has 0 radical (unpaired) electrons. The summed E-state index contributed by atoms with van der Waals surface area (Å²) in [6, 6.07) is 0. The van der Waals surface area contributed by atoms with Crippen molar-refractivity contribution in [3.8, 4) is 0 Å². The molecule has 0 spiro atoms. The van der Waals surface area contributed by atoms with E-state index in [-0.39, 0.29) is 5.69 Å². The highest BCUT2D eigenvalue weighted by Crippen LogP contribution is 2.15. The molecular weight excluding hydrogens is 192 g/mol. The number of aromatic nitrogens is 2. The van der Waals surface area contributed by atoms with Crippen LogP contribution in [0.3, 0.4) is 0 Å². The fourth-order valence-corrected chi connectivity index (χ4v) is 1.73. The molecule has 2 rings (SSSR count). The van der Waals surface area contributed by atoms with E-state index in [1.807, 2.05) is 0 Å². The van der Waals surface area contributed by atoms with Crippen molar-refractivity contribution in [1.29, 1.82) is 0 Å². The number of nitrogens with two attached hydrogens (primary N) is 1. The van der Waals surface area contributed by atoms with Crippen molar-refractivity contribution in [3.63, 3.8) is 0 Å². The zero-order valence-electron chi connectivity index (χ0n) is 8.52. The lowest BCUT2D eigenvalue weighted by atomic mass is 10.1. The van der Waals surface area contributed by atoms with Gasteiger partial charge in [-0.1, -0.05) is 0 Å². The third kappa shape index (κ3) is 2.23. The zero-order valence-corrected chi connectivity index (χ0v) is 8.52. The highest BCUT2D eigenvalue weighted by Gasteiger charge is 2.12. The van der Waals surface area contributed by atoms with E-state index >= 15 is 0 Å². The summed E-state index contributed by atoms with van der Waals surface area (Å²) in [5.74, 6) is 0.299. The molecule has 0 aliphatic carbocycles. The van der Waals surface area contributed by atoms with E-state index < -0.39 is 5.91 Å². The lowest BCUT2D eigenvalue weighted by Gasteiger charge is -2.27. The first-order chi connectivity index (χ1) is 7.27. The monoisotopic (exact) mass is 206 g/mol. The molecular formula is C10H14N4O. The van der Waals surface area contributed by atoms with Gasteiger partial charge in [0.2, 0.25) is 0 Å². The molecule has 1 aromatic heterocycles. The van der Waals surface area contributed by atoms with Crippen LogP contribution >= 0.6 is 0 Å². The van der Waals surface area contributed by atoms with Gasteiger partial charge >= 0.3 is 0 Å². The largest absolute Gasteiger partial charge is 0.364 e. The summed E-state index contributed by atoms with van der Waals surface area (Å²) < 4.78 is 0. The Morgan fingerprint density at radius 2 is 1.93 bits per heavy atom. The number of carbonyl (C=O) groups excluding carboxylic acids is 1. The molecule has 5 heteroatoms. The first-order valence-corrected chi connectivity index (χ1v) is 5.14. The molecule has 2 N–H and O–H groups in total. The number of primary amides is 1. The summed E-state index contributed by atoms with van der Waals surface area (Å²) in [5, 5.41) is 0. The molecule has 1 saturated heterocycles. The summed E-state index contributed by atoms with van der Waals surface area (Å²) in [7, 11) is 0. The van der Waals surface area contributed by atoms with Gasteiger partial charge in [0, 0.05) is 13.1 Å². The predicted octanol–water partition coefficient (Wildman–Crippen LogP) is 0.566. The van der Waals surface area contributed by atoms with E-state index in [9.17, 15) is 4.79 Å². The van der Waals surface area contributed by atoms with E-state index in [1.165, 1.54) is 25.5 Å². The molecule has 5 nitrogen and oxygen atoms in total. The second-order valence-corrected chi connectivity index (χ2v) is 3.67. The van der Waals surface area contributed by atoms with Gasteiger partial charge in [-0.15, -0.1) is 0 Å². The van der Waals surface area contributed by atoms with Crippen LogP contribution in [0.1, 0.15) is 29.8 Å². The molecule has 1 fully saturated rings. The minimum absolute atomic E-state index is 0.218. The molecule has 1 amide bonds. The number of hydrogen-bond acceptors (Lipinski definition) is 4. The lowest BCUT2D eigenvalue weighted by Crippen LogP contribution is -2.30. The summed E-state index contributed by atoms with van der Waals surface area (Å²) in [6.07, 6.45) is 6.72. The smallest absolute Gasteiger partial charge is 0.268 e. The van der Waals surface area contributed by atoms with Crippen molar-refractivity contribution in [2.24, 2.45) is 5.73 Å². The normalized spacial score (nSPS) is 16.4. The van der Waals surface area contributed by atoms with Crippen molar-refractivity contribution >= 4 is 11.7 Å². The maximum absolute atomic E-state index is 10.8. The first-order valence-electron chi connectivity index (χ1n) is 5.14. The van der Waals surface area contributed by atoms with Crippen molar-refractivity contribution in [2.75, 3.05) is 18.0 Å². The lowest BCUT2D eigenvalue weighted by molar-refractivity contribution is 0.0995. The topological polar surface area (TPSA) is 72.1 Å². The van der Waals surface area contributed by atoms with Gasteiger partial charge in [-0.05, 0) is 19.3 Å². The highest BCUT2D eigenvalue weighted by atomic mass is 16.1. The van der Waals surface area contributed by atoms with Crippen LogP contribution in [-0.2, 0) is 0 Å². The van der Waals surface area contributed by atoms with Crippen LogP contribution in [0, 0.1) is 0 Å². The molecule has 0 unspecified atom stereocenters. The Balaban J connectivity index is 2.11. The van der Waals surface area contributed by atoms with Gasteiger partial charge in [0.1, 0.15) is 11.5 Å². The second kappa shape index (κ2) is 4.25. The molecule has 1 aliphatic heterocycles. The van der Waals surface area contributed by atoms with Crippen molar-refractivity contribution in [3.05, 3.63) is 18.1 Å². The van der Waals surface area contributed by atoms with Gasteiger partial charge < -0.3 is 10.6 Å². The van der Waals surface area contributed by atoms with Gasteiger partial charge in [0.05, 0.1) is 12.4 Å².